The molecule has 0 atom stereocenters. The first-order valence-corrected chi connectivity index (χ1v) is 7.28. The summed E-state index contributed by atoms with van der Waals surface area (Å²) in [5.74, 6) is -2.15. The lowest BCUT2D eigenvalue weighted by Gasteiger charge is -2.20. The number of imide groups is 1. The number of amides is 3. The molecule has 0 aliphatic carbocycles. The number of hydrogen-bond acceptors (Lipinski definition) is 4. The van der Waals surface area contributed by atoms with Crippen LogP contribution in [0.4, 0.5) is 11.4 Å². The Kier molecular flexibility index (Phi) is 4.78. The normalized spacial score (nSPS) is 14.3. The summed E-state index contributed by atoms with van der Waals surface area (Å²) in [6.07, 6.45) is -0.159. The van der Waals surface area contributed by atoms with Crippen LogP contribution in [0.1, 0.15) is 36.8 Å². The SMILES string of the molecule is Cc1cc(NC(=O)CCC(=O)O)c(N2C(=O)CCC2=O)cc1C. The van der Waals surface area contributed by atoms with Crippen molar-refractivity contribution in [1.82, 2.24) is 0 Å². The van der Waals surface area contributed by atoms with E-state index in [0.717, 1.165) is 16.0 Å². The van der Waals surface area contributed by atoms with Crippen molar-refractivity contribution in [2.75, 3.05) is 10.2 Å². The first kappa shape index (κ1) is 16.7. The largest absolute Gasteiger partial charge is 0.481 e. The molecule has 7 nitrogen and oxygen atoms in total. The summed E-state index contributed by atoms with van der Waals surface area (Å²) in [5, 5.41) is 11.2. The number of aryl methyl sites for hydroxylation is 2. The predicted octanol–water partition coefficient (Wildman–Crippen LogP) is 1.76. The van der Waals surface area contributed by atoms with E-state index in [2.05, 4.69) is 5.32 Å². The molecule has 7 heteroatoms. The average Bonchev–Trinajstić information content (AvgIpc) is 2.80. The summed E-state index contributed by atoms with van der Waals surface area (Å²) in [4.78, 5) is 47.4. The van der Waals surface area contributed by atoms with Crippen molar-refractivity contribution in [2.24, 2.45) is 0 Å². The number of nitrogens with one attached hydrogen (secondary N) is 1. The van der Waals surface area contributed by atoms with Crippen molar-refractivity contribution in [2.45, 2.75) is 39.5 Å². The van der Waals surface area contributed by atoms with E-state index >= 15 is 0 Å². The number of benzene rings is 1. The molecule has 1 aromatic rings. The number of carboxylic acid groups (broad SMARTS) is 1. The molecule has 0 aromatic heterocycles. The smallest absolute Gasteiger partial charge is 0.303 e. The highest BCUT2D eigenvalue weighted by Crippen LogP contribution is 2.33. The second-order valence-corrected chi connectivity index (χ2v) is 5.52. The summed E-state index contributed by atoms with van der Waals surface area (Å²) in [6, 6.07) is 3.37. The number of hydrogen-bond donors (Lipinski definition) is 2. The number of anilines is 2. The Balaban J connectivity index is 2.32. The lowest BCUT2D eigenvalue weighted by Crippen LogP contribution is -2.30. The lowest BCUT2D eigenvalue weighted by atomic mass is 10.1. The van der Waals surface area contributed by atoms with Gasteiger partial charge in [0.15, 0.2) is 0 Å². The van der Waals surface area contributed by atoms with Gasteiger partial charge in [0, 0.05) is 19.3 Å². The van der Waals surface area contributed by atoms with E-state index in [-0.39, 0.29) is 37.5 Å². The van der Waals surface area contributed by atoms with E-state index in [9.17, 15) is 19.2 Å². The number of carboxylic acids is 1. The topological polar surface area (TPSA) is 104 Å². The van der Waals surface area contributed by atoms with Crippen LogP contribution in [0.5, 0.6) is 0 Å². The molecule has 23 heavy (non-hydrogen) atoms. The van der Waals surface area contributed by atoms with Crippen LogP contribution in [0.25, 0.3) is 0 Å². The molecule has 0 saturated carbocycles. The van der Waals surface area contributed by atoms with E-state index in [1.54, 1.807) is 12.1 Å². The molecule has 122 valence electrons. The Labute approximate surface area is 133 Å². The summed E-state index contributed by atoms with van der Waals surface area (Å²) >= 11 is 0. The standard InChI is InChI=1S/C16H18N2O5/c1-9-7-11(17-13(19)3-6-16(22)23)12(8-10(9)2)18-14(20)4-5-15(18)21/h7-8H,3-6H2,1-2H3,(H,17,19)(H,22,23). The fourth-order valence-corrected chi connectivity index (χ4v) is 2.36. The van der Waals surface area contributed by atoms with E-state index in [1.807, 2.05) is 13.8 Å². The van der Waals surface area contributed by atoms with Gasteiger partial charge in [-0.15, -0.1) is 0 Å². The molecule has 2 rings (SSSR count). The molecule has 0 bridgehead atoms. The van der Waals surface area contributed by atoms with Gasteiger partial charge in [0.05, 0.1) is 17.8 Å². The minimum absolute atomic E-state index is 0.151. The van der Waals surface area contributed by atoms with E-state index in [1.165, 1.54) is 0 Å². The molecular weight excluding hydrogens is 300 g/mol. The van der Waals surface area contributed by atoms with Crippen LogP contribution in [0.3, 0.4) is 0 Å². The maximum atomic E-state index is 11.9. The number of rotatable bonds is 5. The van der Waals surface area contributed by atoms with Crippen LogP contribution in [-0.4, -0.2) is 28.8 Å². The number of aliphatic carboxylic acids is 1. The third-order valence-corrected chi connectivity index (χ3v) is 3.74. The maximum absolute atomic E-state index is 11.9. The minimum Gasteiger partial charge on any atom is -0.481 e. The van der Waals surface area contributed by atoms with Crippen LogP contribution >= 0.6 is 0 Å². The van der Waals surface area contributed by atoms with Gasteiger partial charge in [-0.05, 0) is 37.1 Å². The van der Waals surface area contributed by atoms with E-state index in [0.29, 0.717) is 11.4 Å². The van der Waals surface area contributed by atoms with Crippen molar-refractivity contribution in [3.05, 3.63) is 23.3 Å². The maximum Gasteiger partial charge on any atom is 0.303 e. The van der Waals surface area contributed by atoms with Crippen LogP contribution in [0.15, 0.2) is 12.1 Å². The van der Waals surface area contributed by atoms with Gasteiger partial charge in [-0.3, -0.25) is 19.2 Å². The van der Waals surface area contributed by atoms with Gasteiger partial charge in [-0.2, -0.15) is 0 Å². The van der Waals surface area contributed by atoms with Crippen molar-refractivity contribution in [3.8, 4) is 0 Å². The van der Waals surface area contributed by atoms with Crippen molar-refractivity contribution < 1.29 is 24.3 Å². The first-order valence-electron chi connectivity index (χ1n) is 7.28. The predicted molar refractivity (Wildman–Crippen MR) is 83.1 cm³/mol. The highest BCUT2D eigenvalue weighted by Gasteiger charge is 2.32. The number of carbonyl (C=O) groups excluding carboxylic acids is 3. The Morgan fingerprint density at radius 3 is 2.22 bits per heavy atom. The third-order valence-electron chi connectivity index (χ3n) is 3.74. The van der Waals surface area contributed by atoms with Gasteiger partial charge in [-0.1, -0.05) is 0 Å². The van der Waals surface area contributed by atoms with Gasteiger partial charge in [0.2, 0.25) is 17.7 Å². The Hall–Kier alpha value is -2.70. The zero-order valence-electron chi connectivity index (χ0n) is 13.0. The lowest BCUT2D eigenvalue weighted by molar-refractivity contribution is -0.138. The van der Waals surface area contributed by atoms with Gasteiger partial charge in [0.25, 0.3) is 0 Å². The van der Waals surface area contributed by atoms with Crippen LogP contribution in [0.2, 0.25) is 0 Å². The van der Waals surface area contributed by atoms with Gasteiger partial charge in [0.1, 0.15) is 0 Å². The van der Waals surface area contributed by atoms with Crippen molar-refractivity contribution in [3.63, 3.8) is 0 Å². The monoisotopic (exact) mass is 318 g/mol. The van der Waals surface area contributed by atoms with Gasteiger partial charge >= 0.3 is 5.97 Å². The quantitative estimate of drug-likeness (QED) is 0.805. The molecule has 2 N–H and O–H groups in total. The second kappa shape index (κ2) is 6.60. The molecule has 0 unspecified atom stereocenters. The first-order chi connectivity index (χ1) is 10.8. The molecule has 1 heterocycles. The summed E-state index contributed by atoms with van der Waals surface area (Å²) in [5.41, 5.74) is 2.45. The number of carbonyl (C=O) groups is 4. The molecule has 1 aromatic carbocycles. The highest BCUT2D eigenvalue weighted by molar-refractivity contribution is 6.21. The molecular formula is C16H18N2O5. The zero-order valence-corrected chi connectivity index (χ0v) is 13.0. The van der Waals surface area contributed by atoms with E-state index in [4.69, 9.17) is 5.11 Å². The summed E-state index contributed by atoms with van der Waals surface area (Å²) in [6.45, 7) is 3.69. The summed E-state index contributed by atoms with van der Waals surface area (Å²) in [7, 11) is 0. The van der Waals surface area contributed by atoms with Crippen LogP contribution in [-0.2, 0) is 19.2 Å². The second-order valence-electron chi connectivity index (χ2n) is 5.52. The fraction of sp³-hybridized carbons (Fsp3) is 0.375. The minimum atomic E-state index is -1.06. The third kappa shape index (κ3) is 3.74. The van der Waals surface area contributed by atoms with Gasteiger partial charge < -0.3 is 10.4 Å². The Morgan fingerprint density at radius 1 is 1.09 bits per heavy atom. The Morgan fingerprint density at radius 2 is 1.65 bits per heavy atom. The molecule has 3 amide bonds. The van der Waals surface area contributed by atoms with Gasteiger partial charge in [-0.25, -0.2) is 4.90 Å². The van der Waals surface area contributed by atoms with E-state index < -0.39 is 11.9 Å². The molecule has 1 aliphatic rings. The van der Waals surface area contributed by atoms with Crippen molar-refractivity contribution in [1.29, 1.82) is 0 Å². The van der Waals surface area contributed by atoms with Crippen LogP contribution in [0, 0.1) is 13.8 Å². The highest BCUT2D eigenvalue weighted by atomic mass is 16.4. The molecule has 0 radical (unpaired) electrons. The molecule has 1 fully saturated rings. The number of nitrogens with zero attached hydrogens (tertiary/aromatic N) is 1. The Bertz CT molecular complexity index is 680. The van der Waals surface area contributed by atoms with Crippen molar-refractivity contribution >= 4 is 35.1 Å². The summed E-state index contributed by atoms with van der Waals surface area (Å²) < 4.78 is 0. The average molecular weight is 318 g/mol. The van der Waals surface area contributed by atoms with Crippen LogP contribution < -0.4 is 10.2 Å². The molecule has 1 aliphatic heterocycles. The zero-order chi connectivity index (χ0) is 17.1. The molecule has 1 saturated heterocycles. The fourth-order valence-electron chi connectivity index (χ4n) is 2.36. The molecule has 0 spiro atoms.